The predicted octanol–water partition coefficient (Wildman–Crippen LogP) is 3.43. The molecule has 1 aliphatic rings. The molecule has 0 aromatic rings. The van der Waals surface area contributed by atoms with E-state index in [0.717, 1.165) is 19.3 Å². The Bertz CT molecular complexity index is 235. The molecular weight excluding hydrogens is 198 g/mol. The van der Waals surface area contributed by atoms with Crippen LogP contribution in [-0.4, -0.2) is 11.9 Å². The smallest absolute Gasteiger partial charge is 0.220 e. The van der Waals surface area contributed by atoms with Crippen molar-refractivity contribution >= 4 is 5.91 Å². The van der Waals surface area contributed by atoms with Crippen molar-refractivity contribution in [3.8, 4) is 0 Å². The molecule has 1 N–H and O–H groups in total. The van der Waals surface area contributed by atoms with E-state index in [0.29, 0.717) is 18.4 Å². The van der Waals surface area contributed by atoms with Gasteiger partial charge in [0.2, 0.25) is 5.91 Å². The van der Waals surface area contributed by atoms with Gasteiger partial charge in [-0.25, -0.2) is 0 Å². The van der Waals surface area contributed by atoms with Gasteiger partial charge in [0, 0.05) is 12.5 Å². The Morgan fingerprint density at radius 3 is 2.94 bits per heavy atom. The van der Waals surface area contributed by atoms with Crippen molar-refractivity contribution in [1.29, 1.82) is 0 Å². The van der Waals surface area contributed by atoms with Crippen LogP contribution in [0.2, 0.25) is 0 Å². The van der Waals surface area contributed by atoms with Crippen LogP contribution in [0.3, 0.4) is 0 Å². The summed E-state index contributed by atoms with van der Waals surface area (Å²) >= 11 is 0. The van der Waals surface area contributed by atoms with Crippen LogP contribution >= 0.6 is 0 Å². The number of allylic oxidation sites excluding steroid dienone is 2. The largest absolute Gasteiger partial charge is 0.354 e. The van der Waals surface area contributed by atoms with Crippen molar-refractivity contribution in [2.75, 3.05) is 0 Å². The highest BCUT2D eigenvalue weighted by Crippen LogP contribution is 2.20. The second-order valence-corrected chi connectivity index (χ2v) is 4.93. The molecule has 1 aliphatic carbocycles. The Balaban J connectivity index is 2.10. The average Bonchev–Trinajstić information content (AvgIpc) is 2.70. The number of amides is 1. The maximum Gasteiger partial charge on any atom is 0.220 e. The van der Waals surface area contributed by atoms with Crippen LogP contribution in [0, 0.1) is 5.92 Å². The van der Waals surface area contributed by atoms with E-state index < -0.39 is 0 Å². The van der Waals surface area contributed by atoms with Gasteiger partial charge in [-0.2, -0.15) is 0 Å². The van der Waals surface area contributed by atoms with Gasteiger partial charge in [-0.15, -0.1) is 0 Å². The van der Waals surface area contributed by atoms with Gasteiger partial charge in [0.05, 0.1) is 0 Å². The van der Waals surface area contributed by atoms with Gasteiger partial charge in [-0.1, -0.05) is 38.3 Å². The Morgan fingerprint density at radius 2 is 2.31 bits per heavy atom. The Kier molecular flexibility index (Phi) is 6.20. The Morgan fingerprint density at radius 1 is 1.50 bits per heavy atom. The first-order chi connectivity index (χ1) is 7.72. The lowest BCUT2D eigenvalue weighted by Gasteiger charge is -2.15. The van der Waals surface area contributed by atoms with Gasteiger partial charge in [-0.3, -0.25) is 4.79 Å². The molecule has 0 aromatic heterocycles. The van der Waals surface area contributed by atoms with E-state index in [4.69, 9.17) is 0 Å². The van der Waals surface area contributed by atoms with Crippen molar-refractivity contribution in [1.82, 2.24) is 5.32 Å². The molecule has 0 fully saturated rings. The molecule has 0 heterocycles. The van der Waals surface area contributed by atoms with Gasteiger partial charge < -0.3 is 5.32 Å². The van der Waals surface area contributed by atoms with E-state index in [1.54, 1.807) is 0 Å². The fourth-order valence-electron chi connectivity index (χ4n) is 2.21. The number of carbonyl (C=O) groups excluding carboxylic acids is 1. The summed E-state index contributed by atoms with van der Waals surface area (Å²) in [5.41, 5.74) is 0. The first-order valence-electron chi connectivity index (χ1n) is 6.68. The van der Waals surface area contributed by atoms with Crippen LogP contribution in [0.4, 0.5) is 0 Å². The van der Waals surface area contributed by atoms with Crippen molar-refractivity contribution in [2.45, 2.75) is 64.8 Å². The summed E-state index contributed by atoms with van der Waals surface area (Å²) in [5.74, 6) is 0.711. The van der Waals surface area contributed by atoms with Crippen molar-refractivity contribution in [2.24, 2.45) is 5.92 Å². The zero-order valence-electron chi connectivity index (χ0n) is 10.7. The zero-order valence-corrected chi connectivity index (χ0v) is 10.7. The molecule has 0 spiro atoms. The number of unbranched alkanes of at least 4 members (excludes halogenated alkanes) is 2. The molecule has 0 unspecified atom stereocenters. The number of nitrogens with one attached hydrogen (secondary N) is 1. The van der Waals surface area contributed by atoms with Gasteiger partial charge in [0.15, 0.2) is 0 Å². The minimum Gasteiger partial charge on any atom is -0.354 e. The highest BCUT2D eigenvalue weighted by molar-refractivity contribution is 5.76. The lowest BCUT2D eigenvalue weighted by molar-refractivity contribution is -0.122. The van der Waals surface area contributed by atoms with Crippen molar-refractivity contribution < 1.29 is 4.79 Å². The second kappa shape index (κ2) is 7.48. The van der Waals surface area contributed by atoms with Crippen LogP contribution in [0.1, 0.15) is 58.8 Å². The minimum atomic E-state index is 0.223. The lowest BCUT2D eigenvalue weighted by Crippen LogP contribution is -2.33. The molecule has 92 valence electrons. The maximum atomic E-state index is 11.7. The molecule has 2 heteroatoms. The Labute approximate surface area is 99.5 Å². The zero-order chi connectivity index (χ0) is 11.8. The monoisotopic (exact) mass is 223 g/mol. The van der Waals surface area contributed by atoms with Crippen LogP contribution in [0.25, 0.3) is 0 Å². The molecular formula is C14H25NO. The van der Waals surface area contributed by atoms with Crippen LogP contribution < -0.4 is 5.32 Å². The molecule has 16 heavy (non-hydrogen) atoms. The fraction of sp³-hybridized carbons (Fsp3) is 0.786. The van der Waals surface area contributed by atoms with Gasteiger partial charge in [0.25, 0.3) is 0 Å². The summed E-state index contributed by atoms with van der Waals surface area (Å²) in [5, 5.41) is 3.09. The molecule has 0 bridgehead atoms. The van der Waals surface area contributed by atoms with E-state index >= 15 is 0 Å². The van der Waals surface area contributed by atoms with Crippen molar-refractivity contribution in [3.63, 3.8) is 0 Å². The standard InChI is InChI=1S/C14H25NO/c1-3-4-5-8-12(2)15-14(16)11-13-9-6-7-10-13/h6,9,12-13H,3-5,7-8,10-11H2,1-2H3,(H,15,16)/t12-,13-/m1/s1. The summed E-state index contributed by atoms with van der Waals surface area (Å²) < 4.78 is 0. The number of rotatable bonds is 7. The molecule has 2 nitrogen and oxygen atoms in total. The number of carbonyl (C=O) groups is 1. The van der Waals surface area contributed by atoms with Crippen LogP contribution in [-0.2, 0) is 4.79 Å². The Hall–Kier alpha value is -0.790. The number of hydrogen-bond acceptors (Lipinski definition) is 1. The van der Waals surface area contributed by atoms with Gasteiger partial charge >= 0.3 is 0 Å². The van der Waals surface area contributed by atoms with Gasteiger partial charge in [0.1, 0.15) is 0 Å². The maximum absolute atomic E-state index is 11.7. The molecule has 0 saturated heterocycles. The van der Waals surface area contributed by atoms with Gasteiger partial charge in [-0.05, 0) is 32.1 Å². The predicted molar refractivity (Wildman–Crippen MR) is 68.2 cm³/mol. The van der Waals surface area contributed by atoms with Crippen molar-refractivity contribution in [3.05, 3.63) is 12.2 Å². The quantitative estimate of drug-likeness (QED) is 0.520. The average molecular weight is 223 g/mol. The fourth-order valence-corrected chi connectivity index (χ4v) is 2.21. The molecule has 0 aliphatic heterocycles. The SMILES string of the molecule is CCCCC[C@@H](C)NC(=O)C[C@@H]1C=CCC1. The molecule has 0 aromatic carbocycles. The third-order valence-electron chi connectivity index (χ3n) is 3.21. The van der Waals surface area contributed by atoms with Crippen LogP contribution in [0.15, 0.2) is 12.2 Å². The van der Waals surface area contributed by atoms with E-state index in [-0.39, 0.29) is 5.91 Å². The normalized spacial score (nSPS) is 21.0. The summed E-state index contributed by atoms with van der Waals surface area (Å²) in [6, 6.07) is 0.337. The molecule has 0 saturated carbocycles. The van der Waals surface area contributed by atoms with Crippen LogP contribution in [0.5, 0.6) is 0 Å². The summed E-state index contributed by atoms with van der Waals surface area (Å²) in [6.45, 7) is 4.31. The third-order valence-corrected chi connectivity index (χ3v) is 3.21. The molecule has 0 radical (unpaired) electrons. The van der Waals surface area contributed by atoms with E-state index in [1.165, 1.54) is 19.3 Å². The first kappa shape index (κ1) is 13.3. The molecule has 2 atom stereocenters. The summed E-state index contributed by atoms with van der Waals surface area (Å²) in [7, 11) is 0. The minimum absolute atomic E-state index is 0.223. The third kappa shape index (κ3) is 5.34. The summed E-state index contributed by atoms with van der Waals surface area (Å²) in [4.78, 5) is 11.7. The number of hydrogen-bond donors (Lipinski definition) is 1. The topological polar surface area (TPSA) is 29.1 Å². The molecule has 1 rings (SSSR count). The second-order valence-electron chi connectivity index (χ2n) is 4.93. The van der Waals surface area contributed by atoms with E-state index in [9.17, 15) is 4.79 Å². The highest BCUT2D eigenvalue weighted by Gasteiger charge is 2.15. The highest BCUT2D eigenvalue weighted by atomic mass is 16.1. The molecule has 1 amide bonds. The van der Waals surface area contributed by atoms with E-state index in [1.807, 2.05) is 0 Å². The first-order valence-corrected chi connectivity index (χ1v) is 6.68. The summed E-state index contributed by atoms with van der Waals surface area (Å²) in [6.07, 6.45) is 12.2. The lowest BCUT2D eigenvalue weighted by atomic mass is 10.0. The van der Waals surface area contributed by atoms with E-state index in [2.05, 4.69) is 31.3 Å².